The Bertz CT molecular complexity index is 604. The van der Waals surface area contributed by atoms with Gasteiger partial charge in [-0.05, 0) is 56.1 Å². The van der Waals surface area contributed by atoms with E-state index < -0.39 is 0 Å². The van der Waals surface area contributed by atoms with Crippen LogP contribution in [0.1, 0.15) is 41.9 Å². The lowest BCUT2D eigenvalue weighted by Gasteiger charge is -2.21. The van der Waals surface area contributed by atoms with Crippen LogP contribution in [0.2, 0.25) is 0 Å². The Kier molecular flexibility index (Phi) is 5.12. The highest BCUT2D eigenvalue weighted by atomic mass is 19.1. The van der Waals surface area contributed by atoms with Crippen molar-refractivity contribution in [2.75, 3.05) is 6.54 Å². The van der Waals surface area contributed by atoms with Gasteiger partial charge in [0.15, 0.2) is 0 Å². The monoisotopic (exact) mass is 289 g/mol. The number of nitrogens with one attached hydrogen (secondary N) is 1. The minimum Gasteiger partial charge on any atom is -0.310 e. The Hall–Kier alpha value is -1.68. The summed E-state index contributed by atoms with van der Waals surface area (Å²) in [4.78, 5) is 0. The van der Waals surface area contributed by atoms with Crippen LogP contribution < -0.4 is 5.32 Å². The van der Waals surface area contributed by atoms with Crippen LogP contribution in [0.5, 0.6) is 0 Å². The van der Waals surface area contributed by atoms with Crippen LogP contribution in [-0.4, -0.2) is 16.3 Å². The van der Waals surface area contributed by atoms with Gasteiger partial charge < -0.3 is 5.32 Å². The van der Waals surface area contributed by atoms with E-state index in [1.807, 2.05) is 31.6 Å². The van der Waals surface area contributed by atoms with Crippen LogP contribution in [0.25, 0.3) is 0 Å². The molecule has 1 atom stereocenters. The number of hydrogen-bond donors (Lipinski definition) is 1. The summed E-state index contributed by atoms with van der Waals surface area (Å²) in [5.41, 5.74) is 4.31. The van der Waals surface area contributed by atoms with Crippen molar-refractivity contribution in [1.29, 1.82) is 0 Å². The number of halogens is 1. The van der Waals surface area contributed by atoms with Gasteiger partial charge in [-0.1, -0.05) is 13.0 Å². The second-order valence-electron chi connectivity index (χ2n) is 5.61. The minimum atomic E-state index is -0.180. The zero-order chi connectivity index (χ0) is 15.4. The van der Waals surface area contributed by atoms with Gasteiger partial charge >= 0.3 is 0 Å². The van der Waals surface area contributed by atoms with E-state index in [1.165, 1.54) is 6.07 Å². The maximum Gasteiger partial charge on any atom is 0.123 e. The first kappa shape index (κ1) is 15.7. The molecule has 2 rings (SSSR count). The summed E-state index contributed by atoms with van der Waals surface area (Å²) in [6.45, 7) is 7.07. The summed E-state index contributed by atoms with van der Waals surface area (Å²) in [6.07, 6.45) is 1.86. The zero-order valence-corrected chi connectivity index (χ0v) is 13.3. The molecular weight excluding hydrogens is 265 g/mol. The normalized spacial score (nSPS) is 12.6. The Morgan fingerprint density at radius 2 is 2.05 bits per heavy atom. The molecule has 114 valence electrons. The van der Waals surface area contributed by atoms with E-state index in [1.54, 1.807) is 6.07 Å². The molecule has 0 aliphatic heterocycles. The molecule has 4 heteroatoms. The average molecular weight is 289 g/mol. The molecule has 1 unspecified atom stereocenters. The van der Waals surface area contributed by atoms with Crippen molar-refractivity contribution in [3.05, 3.63) is 52.6 Å². The number of benzene rings is 1. The van der Waals surface area contributed by atoms with Gasteiger partial charge in [0.1, 0.15) is 5.82 Å². The van der Waals surface area contributed by atoms with Crippen molar-refractivity contribution >= 4 is 0 Å². The maximum atomic E-state index is 13.6. The Morgan fingerprint density at radius 3 is 2.67 bits per heavy atom. The van der Waals surface area contributed by atoms with Gasteiger partial charge in [-0.2, -0.15) is 5.10 Å². The third kappa shape index (κ3) is 3.91. The van der Waals surface area contributed by atoms with Crippen molar-refractivity contribution in [2.24, 2.45) is 7.05 Å². The van der Waals surface area contributed by atoms with Crippen LogP contribution in [0, 0.1) is 19.7 Å². The highest BCUT2D eigenvalue weighted by Gasteiger charge is 2.17. The van der Waals surface area contributed by atoms with Gasteiger partial charge in [-0.15, -0.1) is 0 Å². The van der Waals surface area contributed by atoms with Gasteiger partial charge in [-0.3, -0.25) is 4.68 Å². The molecular formula is C17H24FN3. The number of hydrogen-bond acceptors (Lipinski definition) is 2. The third-order valence-corrected chi connectivity index (χ3v) is 3.77. The predicted octanol–water partition coefficient (Wildman–Crippen LogP) is 3.46. The fraction of sp³-hybridized carbons (Fsp3) is 0.471. The lowest BCUT2D eigenvalue weighted by Crippen LogP contribution is -2.25. The Morgan fingerprint density at radius 1 is 1.29 bits per heavy atom. The van der Waals surface area contributed by atoms with Crippen molar-refractivity contribution in [3.63, 3.8) is 0 Å². The van der Waals surface area contributed by atoms with Crippen LogP contribution in [0.15, 0.2) is 24.3 Å². The Balaban J connectivity index is 2.29. The molecule has 0 fully saturated rings. The molecule has 1 N–H and O–H groups in total. The fourth-order valence-electron chi connectivity index (χ4n) is 2.66. The molecule has 0 spiro atoms. The molecule has 0 amide bonds. The summed E-state index contributed by atoms with van der Waals surface area (Å²) in [5.74, 6) is -0.180. The van der Waals surface area contributed by atoms with Gasteiger partial charge in [-0.25, -0.2) is 4.39 Å². The molecule has 0 saturated heterocycles. The van der Waals surface area contributed by atoms with E-state index in [9.17, 15) is 4.39 Å². The largest absolute Gasteiger partial charge is 0.310 e. The number of nitrogens with zero attached hydrogens (tertiary/aromatic N) is 2. The van der Waals surface area contributed by atoms with E-state index in [4.69, 9.17) is 0 Å². The molecule has 0 aliphatic rings. The first-order chi connectivity index (χ1) is 10.0. The summed E-state index contributed by atoms with van der Waals surface area (Å²) in [5, 5.41) is 7.92. The summed E-state index contributed by atoms with van der Waals surface area (Å²) in [7, 11) is 1.96. The highest BCUT2D eigenvalue weighted by molar-refractivity contribution is 5.31. The highest BCUT2D eigenvalue weighted by Crippen LogP contribution is 2.23. The number of aromatic nitrogens is 2. The van der Waals surface area contributed by atoms with Crippen molar-refractivity contribution in [2.45, 2.75) is 39.7 Å². The molecule has 1 aromatic carbocycles. The third-order valence-electron chi connectivity index (χ3n) is 3.77. The van der Waals surface area contributed by atoms with Crippen molar-refractivity contribution in [1.82, 2.24) is 15.1 Å². The van der Waals surface area contributed by atoms with Crippen LogP contribution >= 0.6 is 0 Å². The van der Waals surface area contributed by atoms with Gasteiger partial charge in [0.05, 0.1) is 5.69 Å². The minimum absolute atomic E-state index is 0.107. The zero-order valence-electron chi connectivity index (χ0n) is 13.3. The molecule has 21 heavy (non-hydrogen) atoms. The SMILES string of the molecule is CCCNC(Cc1cc(C)nn1C)c1cc(F)ccc1C. The number of rotatable bonds is 6. The molecule has 1 aromatic heterocycles. The summed E-state index contributed by atoms with van der Waals surface area (Å²) in [6, 6.07) is 7.21. The van der Waals surface area contributed by atoms with E-state index >= 15 is 0 Å². The second kappa shape index (κ2) is 6.85. The van der Waals surface area contributed by atoms with Crippen LogP contribution in [-0.2, 0) is 13.5 Å². The summed E-state index contributed by atoms with van der Waals surface area (Å²) >= 11 is 0. The van der Waals surface area contributed by atoms with Crippen molar-refractivity contribution in [3.8, 4) is 0 Å². The lowest BCUT2D eigenvalue weighted by atomic mass is 9.97. The predicted molar refractivity (Wildman–Crippen MR) is 83.8 cm³/mol. The fourth-order valence-corrected chi connectivity index (χ4v) is 2.66. The lowest BCUT2D eigenvalue weighted by molar-refractivity contribution is 0.506. The maximum absolute atomic E-state index is 13.6. The smallest absolute Gasteiger partial charge is 0.123 e. The van der Waals surface area contributed by atoms with Crippen molar-refractivity contribution < 1.29 is 4.39 Å². The molecule has 1 heterocycles. The van der Waals surface area contributed by atoms with Gasteiger partial charge in [0.2, 0.25) is 0 Å². The second-order valence-corrected chi connectivity index (χ2v) is 5.61. The first-order valence-electron chi connectivity index (χ1n) is 7.50. The van der Waals surface area contributed by atoms with E-state index in [0.29, 0.717) is 0 Å². The number of aryl methyl sites for hydroxylation is 3. The molecule has 3 nitrogen and oxygen atoms in total. The quantitative estimate of drug-likeness (QED) is 0.882. The average Bonchev–Trinajstić information content (AvgIpc) is 2.75. The van der Waals surface area contributed by atoms with Crippen LogP contribution in [0.3, 0.4) is 0 Å². The standard InChI is InChI=1S/C17H24FN3/c1-5-8-19-17(11-15-9-13(3)20-21(15)4)16-10-14(18)7-6-12(16)2/h6-7,9-10,17,19H,5,8,11H2,1-4H3. The van der Waals surface area contributed by atoms with Crippen LogP contribution in [0.4, 0.5) is 4.39 Å². The van der Waals surface area contributed by atoms with E-state index in [-0.39, 0.29) is 11.9 Å². The van der Waals surface area contributed by atoms with Gasteiger partial charge in [0, 0.05) is 25.2 Å². The van der Waals surface area contributed by atoms with E-state index in [2.05, 4.69) is 23.4 Å². The molecule has 0 radical (unpaired) electrons. The summed E-state index contributed by atoms with van der Waals surface area (Å²) < 4.78 is 15.5. The molecule has 0 bridgehead atoms. The molecule has 0 saturated carbocycles. The van der Waals surface area contributed by atoms with Gasteiger partial charge in [0.25, 0.3) is 0 Å². The first-order valence-corrected chi connectivity index (χ1v) is 7.50. The molecule has 0 aliphatic carbocycles. The molecule has 2 aromatic rings. The Labute approximate surface area is 126 Å². The topological polar surface area (TPSA) is 29.9 Å². The van der Waals surface area contributed by atoms with E-state index in [0.717, 1.165) is 41.9 Å².